The number of carbonyl (C=O) groups is 1. The largest absolute Gasteiger partial charge is 0.335 e. The van der Waals surface area contributed by atoms with Crippen molar-refractivity contribution in [1.29, 1.82) is 0 Å². The molecule has 1 aromatic carbocycles. The summed E-state index contributed by atoms with van der Waals surface area (Å²) >= 11 is 1.42. The maximum atomic E-state index is 13.0. The second-order valence-electron chi connectivity index (χ2n) is 6.48. The Balaban J connectivity index is 1.47. The van der Waals surface area contributed by atoms with E-state index >= 15 is 0 Å². The standard InChI is InChI=1S/C19H20N2O3S2/c22-19(18-6-3-13-25-18)20-9-11-21(12-10-20)26(23,24)17-8-7-15-4-1-2-5-16(15)14-17/h1-6,13-14H,7-12H2. The highest BCUT2D eigenvalue weighted by atomic mass is 32.2. The molecule has 2 aromatic rings. The van der Waals surface area contributed by atoms with Gasteiger partial charge in [0.05, 0.1) is 9.78 Å². The molecule has 7 heteroatoms. The summed E-state index contributed by atoms with van der Waals surface area (Å²) in [4.78, 5) is 15.3. The number of sulfonamides is 1. The van der Waals surface area contributed by atoms with Crippen molar-refractivity contribution in [2.75, 3.05) is 26.2 Å². The molecule has 1 aliphatic heterocycles. The van der Waals surface area contributed by atoms with Crippen LogP contribution in [0.5, 0.6) is 0 Å². The lowest BCUT2D eigenvalue weighted by Crippen LogP contribution is -2.50. The van der Waals surface area contributed by atoms with Crippen LogP contribution in [0, 0.1) is 0 Å². The lowest BCUT2D eigenvalue weighted by atomic mass is 9.98. The van der Waals surface area contributed by atoms with E-state index in [2.05, 4.69) is 0 Å². The molecule has 0 atom stereocenters. The van der Waals surface area contributed by atoms with Crippen LogP contribution in [0.1, 0.15) is 27.2 Å². The van der Waals surface area contributed by atoms with Crippen LogP contribution in [-0.4, -0.2) is 49.7 Å². The number of hydrogen-bond acceptors (Lipinski definition) is 4. The van der Waals surface area contributed by atoms with Gasteiger partial charge in [0.15, 0.2) is 0 Å². The fraction of sp³-hybridized carbons (Fsp3) is 0.316. The zero-order chi connectivity index (χ0) is 18.1. The molecule has 0 N–H and O–H groups in total. The van der Waals surface area contributed by atoms with Crippen molar-refractivity contribution in [3.05, 3.63) is 62.7 Å². The number of piperazine rings is 1. The van der Waals surface area contributed by atoms with Gasteiger partial charge in [-0.1, -0.05) is 30.3 Å². The third-order valence-corrected chi connectivity index (χ3v) is 7.83. The van der Waals surface area contributed by atoms with Gasteiger partial charge in [-0.2, -0.15) is 4.31 Å². The third kappa shape index (κ3) is 3.22. The quantitative estimate of drug-likeness (QED) is 0.812. The first-order valence-corrected chi connectivity index (χ1v) is 11.0. The number of aryl methyl sites for hydroxylation is 1. The van der Waals surface area contributed by atoms with Gasteiger partial charge >= 0.3 is 0 Å². The predicted octanol–water partition coefficient (Wildman–Crippen LogP) is 2.82. The Bertz CT molecular complexity index is 941. The molecule has 0 bridgehead atoms. The smallest absolute Gasteiger partial charge is 0.264 e. The summed E-state index contributed by atoms with van der Waals surface area (Å²) in [6.07, 6.45) is 3.09. The highest BCUT2D eigenvalue weighted by Crippen LogP contribution is 2.29. The van der Waals surface area contributed by atoms with Gasteiger partial charge in [-0.3, -0.25) is 4.79 Å². The molecular formula is C19H20N2O3S2. The molecule has 1 fully saturated rings. The minimum Gasteiger partial charge on any atom is -0.335 e. The molecule has 1 amide bonds. The van der Waals surface area contributed by atoms with Crippen molar-refractivity contribution in [3.8, 4) is 0 Å². The molecule has 0 spiro atoms. The number of hydrogen-bond donors (Lipinski definition) is 0. The minimum absolute atomic E-state index is 0.0112. The molecule has 136 valence electrons. The van der Waals surface area contributed by atoms with Crippen LogP contribution >= 0.6 is 11.3 Å². The lowest BCUT2D eigenvalue weighted by molar-refractivity contribution is 0.0703. The van der Waals surface area contributed by atoms with Crippen molar-refractivity contribution in [2.45, 2.75) is 12.8 Å². The summed E-state index contributed by atoms with van der Waals surface area (Å²) < 4.78 is 27.5. The summed E-state index contributed by atoms with van der Waals surface area (Å²) in [5.74, 6) is -0.0112. The van der Waals surface area contributed by atoms with E-state index in [1.807, 2.05) is 35.7 Å². The first-order chi connectivity index (χ1) is 12.6. The maximum absolute atomic E-state index is 13.0. The summed E-state index contributed by atoms with van der Waals surface area (Å²) in [6.45, 7) is 1.55. The Hall–Kier alpha value is -1.96. The number of amides is 1. The number of rotatable bonds is 3. The highest BCUT2D eigenvalue weighted by molar-refractivity contribution is 7.93. The number of benzene rings is 1. The number of nitrogens with zero attached hydrogens (tertiary/aromatic N) is 2. The molecule has 4 rings (SSSR count). The van der Waals surface area contributed by atoms with Gasteiger partial charge in [-0.15, -0.1) is 11.3 Å². The van der Waals surface area contributed by atoms with Crippen LogP contribution in [0.4, 0.5) is 0 Å². The average Bonchev–Trinajstić information content (AvgIpc) is 3.22. The van der Waals surface area contributed by atoms with Gasteiger partial charge in [-0.05, 0) is 41.5 Å². The Morgan fingerprint density at radius 1 is 0.962 bits per heavy atom. The van der Waals surface area contributed by atoms with E-state index in [9.17, 15) is 13.2 Å². The molecule has 2 heterocycles. The topological polar surface area (TPSA) is 57.7 Å². The molecular weight excluding hydrogens is 368 g/mol. The fourth-order valence-corrected chi connectivity index (χ4v) is 5.77. The second kappa shape index (κ2) is 6.98. The van der Waals surface area contributed by atoms with E-state index in [4.69, 9.17) is 0 Å². The van der Waals surface area contributed by atoms with Gasteiger partial charge in [0.2, 0.25) is 10.0 Å². The third-order valence-electron chi connectivity index (χ3n) is 4.94. The van der Waals surface area contributed by atoms with Crippen molar-refractivity contribution in [3.63, 3.8) is 0 Å². The molecule has 1 saturated heterocycles. The number of fused-ring (bicyclic) bond motifs is 1. The first kappa shape index (κ1) is 17.5. The van der Waals surface area contributed by atoms with E-state index < -0.39 is 10.0 Å². The number of thiophene rings is 1. The zero-order valence-electron chi connectivity index (χ0n) is 14.3. The van der Waals surface area contributed by atoms with Crippen molar-refractivity contribution in [1.82, 2.24) is 9.21 Å². The fourth-order valence-electron chi connectivity index (χ4n) is 3.46. The SMILES string of the molecule is O=C(c1cccs1)N1CCN(S(=O)(=O)C2=Cc3ccccc3CC2)CC1. The molecule has 2 aliphatic rings. The zero-order valence-corrected chi connectivity index (χ0v) is 15.9. The van der Waals surface area contributed by atoms with Crippen LogP contribution in [0.25, 0.3) is 6.08 Å². The van der Waals surface area contributed by atoms with Gasteiger partial charge in [-0.25, -0.2) is 8.42 Å². The van der Waals surface area contributed by atoms with E-state index in [1.165, 1.54) is 21.2 Å². The molecule has 1 aromatic heterocycles. The Morgan fingerprint density at radius 3 is 2.46 bits per heavy atom. The van der Waals surface area contributed by atoms with Crippen molar-refractivity contribution < 1.29 is 13.2 Å². The summed E-state index contributed by atoms with van der Waals surface area (Å²) in [6, 6.07) is 11.6. The van der Waals surface area contributed by atoms with Crippen LogP contribution in [0.15, 0.2) is 46.7 Å². The first-order valence-electron chi connectivity index (χ1n) is 8.67. The van der Waals surface area contributed by atoms with E-state index in [0.717, 1.165) is 12.0 Å². The Labute approximate surface area is 157 Å². The molecule has 0 radical (unpaired) electrons. The van der Waals surface area contributed by atoms with Crippen molar-refractivity contribution in [2.24, 2.45) is 0 Å². The van der Waals surface area contributed by atoms with Crippen LogP contribution in [0.2, 0.25) is 0 Å². The summed E-state index contributed by atoms with van der Waals surface area (Å²) in [5.41, 5.74) is 2.18. The average molecular weight is 389 g/mol. The summed E-state index contributed by atoms with van der Waals surface area (Å²) in [5, 5.41) is 1.88. The van der Waals surface area contributed by atoms with Gasteiger partial charge < -0.3 is 4.90 Å². The molecule has 1 aliphatic carbocycles. The molecule has 0 saturated carbocycles. The van der Waals surface area contributed by atoms with Crippen LogP contribution in [0.3, 0.4) is 0 Å². The Morgan fingerprint density at radius 2 is 1.73 bits per heavy atom. The van der Waals surface area contributed by atoms with Crippen LogP contribution < -0.4 is 0 Å². The normalized spacial score (nSPS) is 18.3. The van der Waals surface area contributed by atoms with Gasteiger partial charge in [0, 0.05) is 26.2 Å². The monoisotopic (exact) mass is 388 g/mol. The minimum atomic E-state index is -3.47. The van der Waals surface area contributed by atoms with Gasteiger partial charge in [0.1, 0.15) is 0 Å². The highest BCUT2D eigenvalue weighted by Gasteiger charge is 2.32. The Kier molecular flexibility index (Phi) is 4.69. The summed E-state index contributed by atoms with van der Waals surface area (Å²) in [7, 11) is -3.47. The molecule has 26 heavy (non-hydrogen) atoms. The van der Waals surface area contributed by atoms with E-state index in [-0.39, 0.29) is 5.91 Å². The lowest BCUT2D eigenvalue weighted by Gasteiger charge is -2.34. The molecule has 0 unspecified atom stereocenters. The number of allylic oxidation sites excluding steroid dienone is 1. The molecule has 5 nitrogen and oxygen atoms in total. The second-order valence-corrected chi connectivity index (χ2v) is 9.42. The maximum Gasteiger partial charge on any atom is 0.264 e. The number of carbonyl (C=O) groups excluding carboxylic acids is 1. The van der Waals surface area contributed by atoms with Crippen molar-refractivity contribution >= 4 is 33.3 Å². The van der Waals surface area contributed by atoms with E-state index in [0.29, 0.717) is 42.4 Å². The van der Waals surface area contributed by atoms with Crippen LogP contribution in [-0.2, 0) is 16.4 Å². The van der Waals surface area contributed by atoms with E-state index in [1.54, 1.807) is 17.0 Å². The van der Waals surface area contributed by atoms with Gasteiger partial charge in [0.25, 0.3) is 5.91 Å². The predicted molar refractivity (Wildman–Crippen MR) is 103 cm³/mol.